The van der Waals surface area contributed by atoms with Gasteiger partial charge in [-0.2, -0.15) is 0 Å². The second-order valence-electron chi connectivity index (χ2n) is 6.13. The number of rotatable bonds is 7. The summed E-state index contributed by atoms with van der Waals surface area (Å²) in [7, 11) is 3.29. The van der Waals surface area contributed by atoms with Gasteiger partial charge in [-0.15, -0.1) is 0 Å². The van der Waals surface area contributed by atoms with Gasteiger partial charge < -0.3 is 20.3 Å². The number of ether oxygens (including phenoxy) is 1. The highest BCUT2D eigenvalue weighted by Gasteiger charge is 2.24. The van der Waals surface area contributed by atoms with Gasteiger partial charge in [0.15, 0.2) is 12.6 Å². The maximum Gasteiger partial charge on any atom is 0.282 e. The van der Waals surface area contributed by atoms with Gasteiger partial charge in [0.25, 0.3) is 11.8 Å². The summed E-state index contributed by atoms with van der Waals surface area (Å²) in [6.45, 7) is 1.86. The summed E-state index contributed by atoms with van der Waals surface area (Å²) >= 11 is 11.8. The van der Waals surface area contributed by atoms with E-state index in [0.29, 0.717) is 27.2 Å². The summed E-state index contributed by atoms with van der Waals surface area (Å²) in [4.78, 5) is 25.5. The lowest BCUT2D eigenvalue weighted by Gasteiger charge is -2.21. The first kappa shape index (κ1) is 21.0. The van der Waals surface area contributed by atoms with Crippen LogP contribution in [0.5, 0.6) is 5.75 Å². The molecule has 3 N–H and O–H groups in total. The van der Waals surface area contributed by atoms with Gasteiger partial charge >= 0.3 is 0 Å². The number of likely N-dealkylation sites (N-methyl/N-ethyl adjacent to an activating group) is 1. The highest BCUT2D eigenvalue weighted by atomic mass is 35.5. The zero-order chi connectivity index (χ0) is 20.0. The Morgan fingerprint density at radius 2 is 1.70 bits per heavy atom. The summed E-state index contributed by atoms with van der Waals surface area (Å²) in [5.41, 5.74) is 1.14. The highest BCUT2D eigenvalue weighted by Crippen LogP contribution is 2.27. The first-order chi connectivity index (χ1) is 12.8. The van der Waals surface area contributed by atoms with Crippen molar-refractivity contribution >= 4 is 46.4 Å². The van der Waals surface area contributed by atoms with Gasteiger partial charge in [0.05, 0.1) is 19.8 Å². The standard InChI is InChI=1S/C19H21Cl2N3O3/c1-12(19(26)22-15-7-4-13(20)5-8-15)24(2)11-18(25)23-16-10-14(21)6-9-17(16)27-3/h4-10,12H,11H2,1-3H3,(H,22,26)(H,23,25)/p+1/t12-/m1/s1. The molecule has 27 heavy (non-hydrogen) atoms. The number of amides is 2. The predicted octanol–water partition coefficient (Wildman–Crippen LogP) is 2.48. The summed E-state index contributed by atoms with van der Waals surface area (Å²) in [5, 5.41) is 6.66. The molecule has 0 aliphatic heterocycles. The number of anilines is 2. The molecule has 0 aliphatic carbocycles. The lowest BCUT2D eigenvalue weighted by molar-refractivity contribution is -0.885. The number of hydrogen-bond donors (Lipinski definition) is 3. The van der Waals surface area contributed by atoms with Crippen molar-refractivity contribution in [3.05, 3.63) is 52.5 Å². The van der Waals surface area contributed by atoms with Crippen LogP contribution in [0, 0.1) is 0 Å². The van der Waals surface area contributed by atoms with Crippen molar-refractivity contribution in [1.29, 1.82) is 0 Å². The van der Waals surface area contributed by atoms with E-state index in [2.05, 4.69) is 10.6 Å². The molecule has 1 unspecified atom stereocenters. The van der Waals surface area contributed by atoms with E-state index in [-0.39, 0.29) is 18.4 Å². The van der Waals surface area contributed by atoms with Crippen molar-refractivity contribution in [3.63, 3.8) is 0 Å². The lowest BCUT2D eigenvalue weighted by Crippen LogP contribution is -3.14. The quantitative estimate of drug-likeness (QED) is 0.656. The molecule has 0 heterocycles. The molecule has 2 aromatic carbocycles. The van der Waals surface area contributed by atoms with Crippen LogP contribution in [0.25, 0.3) is 0 Å². The zero-order valence-corrected chi connectivity index (χ0v) is 16.8. The van der Waals surface area contributed by atoms with E-state index in [0.717, 1.165) is 4.90 Å². The van der Waals surface area contributed by atoms with Crippen LogP contribution in [0.3, 0.4) is 0 Å². The normalized spacial score (nSPS) is 12.8. The van der Waals surface area contributed by atoms with Gasteiger partial charge in [-0.05, 0) is 49.4 Å². The number of carbonyl (C=O) groups is 2. The average molecular weight is 411 g/mol. The second kappa shape index (κ2) is 9.60. The van der Waals surface area contributed by atoms with Crippen LogP contribution in [0.4, 0.5) is 11.4 Å². The molecule has 8 heteroatoms. The Balaban J connectivity index is 1.94. The zero-order valence-electron chi connectivity index (χ0n) is 15.3. The Morgan fingerprint density at radius 1 is 1.07 bits per heavy atom. The maximum absolute atomic E-state index is 12.4. The first-order valence-corrected chi connectivity index (χ1v) is 9.08. The van der Waals surface area contributed by atoms with Crippen LogP contribution in [0.15, 0.2) is 42.5 Å². The summed E-state index contributed by atoms with van der Waals surface area (Å²) in [6, 6.07) is 11.4. The minimum Gasteiger partial charge on any atom is -0.495 e. The van der Waals surface area contributed by atoms with Crippen molar-refractivity contribution in [2.24, 2.45) is 0 Å². The van der Waals surface area contributed by atoms with Crippen LogP contribution in [-0.2, 0) is 9.59 Å². The van der Waals surface area contributed by atoms with Crippen molar-refractivity contribution in [2.75, 3.05) is 31.3 Å². The average Bonchev–Trinajstić information content (AvgIpc) is 2.63. The van der Waals surface area contributed by atoms with Crippen molar-refractivity contribution in [2.45, 2.75) is 13.0 Å². The Kier molecular flexibility index (Phi) is 7.47. The third-order valence-corrected chi connectivity index (χ3v) is 4.61. The molecule has 0 bridgehead atoms. The van der Waals surface area contributed by atoms with E-state index in [1.165, 1.54) is 7.11 Å². The van der Waals surface area contributed by atoms with Gasteiger partial charge in [0.2, 0.25) is 0 Å². The van der Waals surface area contributed by atoms with Crippen LogP contribution < -0.4 is 20.3 Å². The molecular weight excluding hydrogens is 389 g/mol. The van der Waals surface area contributed by atoms with E-state index in [1.807, 2.05) is 0 Å². The van der Waals surface area contributed by atoms with Crippen molar-refractivity contribution in [1.82, 2.24) is 0 Å². The molecule has 0 aliphatic rings. The van der Waals surface area contributed by atoms with Gasteiger partial charge in [0.1, 0.15) is 5.75 Å². The molecule has 2 atom stereocenters. The Bertz CT molecular complexity index is 812. The number of hydrogen-bond acceptors (Lipinski definition) is 3. The third kappa shape index (κ3) is 6.13. The molecule has 2 amide bonds. The molecule has 6 nitrogen and oxygen atoms in total. The first-order valence-electron chi connectivity index (χ1n) is 8.32. The molecule has 0 radical (unpaired) electrons. The number of carbonyl (C=O) groups excluding carboxylic acids is 2. The topological polar surface area (TPSA) is 71.9 Å². The molecule has 2 aromatic rings. The van der Waals surface area contributed by atoms with Crippen LogP contribution in [-0.4, -0.2) is 38.6 Å². The Hall–Kier alpha value is -2.28. The number of nitrogens with one attached hydrogen (secondary N) is 3. The molecule has 144 valence electrons. The van der Waals surface area contributed by atoms with E-state index in [1.54, 1.807) is 56.4 Å². The monoisotopic (exact) mass is 410 g/mol. The third-order valence-electron chi connectivity index (χ3n) is 4.12. The fourth-order valence-corrected chi connectivity index (χ4v) is 2.68. The van der Waals surface area contributed by atoms with Gasteiger partial charge in [-0.1, -0.05) is 23.2 Å². The molecule has 0 spiro atoms. The number of quaternary nitrogens is 1. The van der Waals surface area contributed by atoms with E-state index in [9.17, 15) is 9.59 Å². The molecule has 0 aromatic heterocycles. The molecule has 0 fully saturated rings. The lowest BCUT2D eigenvalue weighted by atomic mass is 10.2. The van der Waals surface area contributed by atoms with Crippen LogP contribution in [0.1, 0.15) is 6.92 Å². The smallest absolute Gasteiger partial charge is 0.282 e. The molecule has 0 saturated carbocycles. The summed E-state index contributed by atoms with van der Waals surface area (Å²) in [6.07, 6.45) is 0. The van der Waals surface area contributed by atoms with Gasteiger partial charge in [-0.25, -0.2) is 0 Å². The number of benzene rings is 2. The number of methoxy groups -OCH3 is 1. The van der Waals surface area contributed by atoms with Crippen molar-refractivity contribution < 1.29 is 19.2 Å². The molecule has 0 saturated heterocycles. The minimum atomic E-state index is -0.437. The second-order valence-corrected chi connectivity index (χ2v) is 7.01. The number of halogens is 2. The van der Waals surface area contributed by atoms with Crippen molar-refractivity contribution in [3.8, 4) is 5.75 Å². The summed E-state index contributed by atoms with van der Waals surface area (Å²) in [5.74, 6) is 0.0705. The van der Waals surface area contributed by atoms with Gasteiger partial charge in [0, 0.05) is 15.7 Å². The Labute approximate surface area is 168 Å². The SMILES string of the molecule is COc1ccc(Cl)cc1NC(=O)C[NH+](C)[C@H](C)C(=O)Nc1ccc(Cl)cc1. The largest absolute Gasteiger partial charge is 0.495 e. The van der Waals surface area contributed by atoms with E-state index < -0.39 is 6.04 Å². The van der Waals surface area contributed by atoms with E-state index >= 15 is 0 Å². The highest BCUT2D eigenvalue weighted by molar-refractivity contribution is 6.31. The minimum absolute atomic E-state index is 0.102. The molecule has 2 rings (SSSR count). The maximum atomic E-state index is 12.4. The Morgan fingerprint density at radius 3 is 2.33 bits per heavy atom. The summed E-state index contributed by atoms with van der Waals surface area (Å²) < 4.78 is 5.21. The fraction of sp³-hybridized carbons (Fsp3) is 0.263. The predicted molar refractivity (Wildman–Crippen MR) is 108 cm³/mol. The van der Waals surface area contributed by atoms with E-state index in [4.69, 9.17) is 27.9 Å². The van der Waals surface area contributed by atoms with Gasteiger partial charge in [-0.3, -0.25) is 9.59 Å². The van der Waals surface area contributed by atoms with Crippen LogP contribution in [0.2, 0.25) is 10.0 Å². The van der Waals surface area contributed by atoms with Crippen LogP contribution >= 0.6 is 23.2 Å². The molecular formula is C19H22Cl2N3O3+. The fourth-order valence-electron chi connectivity index (χ4n) is 2.39.